The van der Waals surface area contributed by atoms with E-state index in [9.17, 15) is 19.5 Å². The van der Waals surface area contributed by atoms with E-state index in [0.29, 0.717) is 0 Å². The van der Waals surface area contributed by atoms with E-state index in [2.05, 4.69) is 35.0 Å². The van der Waals surface area contributed by atoms with E-state index >= 15 is 0 Å². The van der Waals surface area contributed by atoms with Gasteiger partial charge in [0.15, 0.2) is 0 Å². The SMILES string of the molecule is CON=C(C(=O)NC1C(=O)N2CC(Cc3ccnc4cscc34)(C(=O)O)CS[C@H]12)c1noc(N)n1. The van der Waals surface area contributed by atoms with Crippen molar-refractivity contribution < 1.29 is 28.9 Å². The first-order valence-electron chi connectivity index (χ1n) is 10.3. The van der Waals surface area contributed by atoms with E-state index in [1.807, 2.05) is 16.8 Å². The van der Waals surface area contributed by atoms with Gasteiger partial charge in [-0.3, -0.25) is 19.4 Å². The number of hydrogen-bond acceptors (Lipinski definition) is 12. The molecule has 2 unspecified atom stereocenters. The standard InChI is InChI=1S/C20H19N7O6S2/c1-32-25-12(14-24-19(21)33-26-14)15(28)23-13-16(29)27-7-20(18(30)31,8-35-17(13)27)4-9-2-3-22-11-6-34-5-10(9)11/h2-3,5-6,13,17H,4,7-8H2,1H3,(H,23,28)(H,30,31)(H2,21,24,26)/t13?,17-,20?/m1/s1. The lowest BCUT2D eigenvalue weighted by atomic mass is 9.80. The quantitative estimate of drug-likeness (QED) is 0.223. The first-order valence-corrected chi connectivity index (χ1v) is 12.3. The van der Waals surface area contributed by atoms with Gasteiger partial charge in [0.1, 0.15) is 18.5 Å². The highest BCUT2D eigenvalue weighted by Gasteiger charge is 2.57. The third-order valence-electron chi connectivity index (χ3n) is 5.94. The fourth-order valence-electron chi connectivity index (χ4n) is 4.20. The number of oxime groups is 1. The average molecular weight is 518 g/mol. The molecule has 5 rings (SSSR count). The number of nitrogens with one attached hydrogen (secondary N) is 1. The molecule has 0 aliphatic carbocycles. The van der Waals surface area contributed by atoms with Gasteiger partial charge in [-0.15, -0.1) is 23.1 Å². The van der Waals surface area contributed by atoms with Crippen LogP contribution in [-0.2, 0) is 25.6 Å². The summed E-state index contributed by atoms with van der Waals surface area (Å²) in [5, 5.41) is 24.3. The third kappa shape index (κ3) is 3.95. The molecule has 182 valence electrons. The van der Waals surface area contributed by atoms with Gasteiger partial charge in [0.2, 0.25) is 17.4 Å². The Morgan fingerprint density at radius 2 is 2.29 bits per heavy atom. The number of aromatic nitrogens is 3. The zero-order chi connectivity index (χ0) is 24.7. The van der Waals surface area contributed by atoms with E-state index in [1.165, 1.54) is 35.1 Å². The molecular formula is C20H19N7O6S2. The lowest BCUT2D eigenvalue weighted by Crippen LogP contribution is -2.74. The number of β-lactam (4-membered cyclic amide) rings is 1. The molecule has 0 aromatic carbocycles. The van der Waals surface area contributed by atoms with Crippen LogP contribution in [0.15, 0.2) is 32.7 Å². The zero-order valence-corrected chi connectivity index (χ0v) is 19.8. The summed E-state index contributed by atoms with van der Waals surface area (Å²) in [4.78, 5) is 52.4. The lowest BCUT2D eigenvalue weighted by Gasteiger charge is -2.53. The number of nitrogens with two attached hydrogens (primary N) is 1. The summed E-state index contributed by atoms with van der Waals surface area (Å²) >= 11 is 2.81. The first-order chi connectivity index (χ1) is 16.8. The van der Waals surface area contributed by atoms with Gasteiger partial charge in [0.05, 0.1) is 10.9 Å². The van der Waals surface area contributed by atoms with Gasteiger partial charge in [0.25, 0.3) is 5.91 Å². The number of carboxylic acids is 1. The smallest absolute Gasteiger partial charge is 0.319 e. The lowest BCUT2D eigenvalue weighted by molar-refractivity contribution is -0.158. The Labute approximate surface area is 205 Å². The molecule has 2 amide bonds. The summed E-state index contributed by atoms with van der Waals surface area (Å²) in [6.45, 7) is 0.0273. The number of carbonyl (C=O) groups excluding carboxylic acids is 2. The Kier molecular flexibility index (Phi) is 5.80. The van der Waals surface area contributed by atoms with E-state index < -0.39 is 28.7 Å². The molecule has 2 aliphatic heterocycles. The maximum absolute atomic E-state index is 12.9. The maximum atomic E-state index is 12.9. The number of rotatable bonds is 7. The van der Waals surface area contributed by atoms with Crippen molar-refractivity contribution in [3.05, 3.63) is 34.4 Å². The van der Waals surface area contributed by atoms with Crippen LogP contribution in [0.5, 0.6) is 0 Å². The number of pyridine rings is 1. The van der Waals surface area contributed by atoms with Crippen LogP contribution in [0.25, 0.3) is 10.9 Å². The van der Waals surface area contributed by atoms with Crippen LogP contribution in [-0.4, -0.2) is 79.4 Å². The number of amides is 2. The van der Waals surface area contributed by atoms with Crippen molar-refractivity contribution in [2.45, 2.75) is 17.8 Å². The first kappa shape index (κ1) is 23.0. The fourth-order valence-corrected chi connectivity index (χ4v) is 6.54. The topological polar surface area (TPSA) is 186 Å². The van der Waals surface area contributed by atoms with E-state index in [1.54, 1.807) is 6.20 Å². The van der Waals surface area contributed by atoms with Gasteiger partial charge >= 0.3 is 12.0 Å². The van der Waals surface area contributed by atoms with Crippen molar-refractivity contribution in [1.29, 1.82) is 0 Å². The average Bonchev–Trinajstić information content (AvgIpc) is 3.50. The Morgan fingerprint density at radius 3 is 3.00 bits per heavy atom. The van der Waals surface area contributed by atoms with E-state index in [4.69, 9.17) is 5.73 Å². The molecular weight excluding hydrogens is 498 g/mol. The summed E-state index contributed by atoms with van der Waals surface area (Å²) in [5.74, 6) is -2.05. The molecule has 0 radical (unpaired) electrons. The highest BCUT2D eigenvalue weighted by molar-refractivity contribution is 8.00. The molecule has 2 aliphatic rings. The summed E-state index contributed by atoms with van der Waals surface area (Å²) in [6.07, 6.45) is 1.91. The number of carboxylic acid groups (broad SMARTS) is 1. The van der Waals surface area contributed by atoms with Crippen molar-refractivity contribution in [1.82, 2.24) is 25.3 Å². The number of nitrogen functional groups attached to an aromatic ring is 1. The second-order valence-electron chi connectivity index (χ2n) is 8.10. The number of anilines is 1. The predicted octanol–water partition coefficient (Wildman–Crippen LogP) is 0.326. The molecule has 4 N–H and O–H groups in total. The second kappa shape index (κ2) is 8.81. The molecule has 3 aromatic heterocycles. The minimum Gasteiger partial charge on any atom is -0.481 e. The molecule has 0 spiro atoms. The fraction of sp³-hybridized carbons (Fsp3) is 0.350. The number of fused-ring (bicyclic) bond motifs is 2. The van der Waals surface area contributed by atoms with Crippen molar-refractivity contribution in [3.63, 3.8) is 0 Å². The van der Waals surface area contributed by atoms with Gasteiger partial charge in [0, 0.05) is 34.6 Å². The number of nitrogens with zero attached hydrogens (tertiary/aromatic N) is 5. The molecule has 5 heterocycles. The van der Waals surface area contributed by atoms with Gasteiger partial charge in [-0.05, 0) is 18.1 Å². The minimum absolute atomic E-state index is 0.0273. The van der Waals surface area contributed by atoms with Crippen LogP contribution in [0.1, 0.15) is 11.4 Å². The Balaban J connectivity index is 1.32. The van der Waals surface area contributed by atoms with Crippen LogP contribution in [0.2, 0.25) is 0 Å². The minimum atomic E-state index is -1.17. The van der Waals surface area contributed by atoms with Gasteiger partial charge < -0.3 is 30.4 Å². The molecule has 3 aromatic rings. The summed E-state index contributed by atoms with van der Waals surface area (Å²) in [6, 6.07) is 0.693. The number of thioether (sulfide) groups is 1. The third-order valence-corrected chi connectivity index (χ3v) is 8.26. The zero-order valence-electron chi connectivity index (χ0n) is 18.2. The molecule has 35 heavy (non-hydrogen) atoms. The number of aliphatic carboxylic acids is 1. The van der Waals surface area contributed by atoms with Crippen molar-refractivity contribution in [2.24, 2.45) is 10.6 Å². The van der Waals surface area contributed by atoms with Crippen LogP contribution in [0.3, 0.4) is 0 Å². The molecule has 0 saturated carbocycles. The highest BCUT2D eigenvalue weighted by Crippen LogP contribution is 2.44. The van der Waals surface area contributed by atoms with Crippen LogP contribution < -0.4 is 11.1 Å². The Morgan fingerprint density at radius 1 is 1.46 bits per heavy atom. The largest absolute Gasteiger partial charge is 0.481 e. The van der Waals surface area contributed by atoms with Crippen molar-refractivity contribution in [3.8, 4) is 0 Å². The van der Waals surface area contributed by atoms with Gasteiger partial charge in [-0.25, -0.2) is 0 Å². The Hall–Kier alpha value is -3.72. The summed E-state index contributed by atoms with van der Waals surface area (Å²) < 4.78 is 4.67. The van der Waals surface area contributed by atoms with Gasteiger partial charge in [-0.1, -0.05) is 10.3 Å². The summed E-state index contributed by atoms with van der Waals surface area (Å²) in [7, 11) is 1.24. The molecule has 2 fully saturated rings. The van der Waals surface area contributed by atoms with E-state index in [-0.39, 0.29) is 42.2 Å². The molecule has 13 nitrogen and oxygen atoms in total. The maximum Gasteiger partial charge on any atom is 0.319 e. The predicted molar refractivity (Wildman–Crippen MR) is 126 cm³/mol. The number of thiophene rings is 1. The second-order valence-corrected chi connectivity index (χ2v) is 9.95. The van der Waals surface area contributed by atoms with Crippen LogP contribution in [0, 0.1) is 5.41 Å². The summed E-state index contributed by atoms with van der Waals surface area (Å²) in [5.41, 5.74) is 5.61. The molecule has 15 heteroatoms. The van der Waals surface area contributed by atoms with Crippen molar-refractivity contribution >= 4 is 63.5 Å². The monoisotopic (exact) mass is 517 g/mol. The van der Waals surface area contributed by atoms with Crippen molar-refractivity contribution in [2.75, 3.05) is 25.1 Å². The van der Waals surface area contributed by atoms with Crippen LogP contribution >= 0.6 is 23.1 Å². The normalized spacial score (nSPS) is 24.1. The number of carbonyl (C=O) groups is 3. The molecule has 3 atom stereocenters. The number of hydrogen-bond donors (Lipinski definition) is 3. The highest BCUT2D eigenvalue weighted by atomic mass is 32.2. The van der Waals surface area contributed by atoms with Crippen LogP contribution in [0.4, 0.5) is 6.01 Å². The van der Waals surface area contributed by atoms with Gasteiger partial charge in [-0.2, -0.15) is 4.98 Å². The molecule has 2 saturated heterocycles. The molecule has 0 bridgehead atoms. The van der Waals surface area contributed by atoms with E-state index in [0.717, 1.165) is 16.5 Å². The Bertz CT molecular complexity index is 1360.